The second-order valence-electron chi connectivity index (χ2n) is 10.4. The van der Waals surface area contributed by atoms with Crippen LogP contribution in [0, 0.1) is 11.3 Å². The van der Waals surface area contributed by atoms with Crippen LogP contribution in [0.3, 0.4) is 0 Å². The Balaban J connectivity index is 1.38. The molecule has 1 aliphatic carbocycles. The van der Waals surface area contributed by atoms with Crippen LogP contribution in [0.15, 0.2) is 48.5 Å². The molecule has 0 saturated carbocycles. The maximum Gasteiger partial charge on any atom is 0.343 e. The van der Waals surface area contributed by atoms with Crippen LogP contribution in [0.5, 0.6) is 11.5 Å². The van der Waals surface area contributed by atoms with Gasteiger partial charge in [-0.15, -0.1) is 11.3 Å². The van der Waals surface area contributed by atoms with Crippen molar-refractivity contribution in [2.24, 2.45) is 11.3 Å². The molecule has 2 atom stereocenters. The van der Waals surface area contributed by atoms with E-state index in [0.29, 0.717) is 35.0 Å². The number of nitrogens with one attached hydrogen (secondary N) is 2. The highest BCUT2D eigenvalue weighted by Gasteiger charge is 2.37. The van der Waals surface area contributed by atoms with Gasteiger partial charge in [-0.1, -0.05) is 51.5 Å². The van der Waals surface area contributed by atoms with Gasteiger partial charge in [0.2, 0.25) is 0 Å². The van der Waals surface area contributed by atoms with Gasteiger partial charge >= 0.3 is 5.97 Å². The lowest BCUT2D eigenvalue weighted by atomic mass is 9.69. The summed E-state index contributed by atoms with van der Waals surface area (Å²) in [5.74, 6) is 0.947. The number of thiophene rings is 1. The summed E-state index contributed by atoms with van der Waals surface area (Å²) < 4.78 is 11.4. The first-order valence-electron chi connectivity index (χ1n) is 13.1. The van der Waals surface area contributed by atoms with Crippen LogP contribution >= 0.6 is 11.3 Å². The molecule has 37 heavy (non-hydrogen) atoms. The summed E-state index contributed by atoms with van der Waals surface area (Å²) in [5, 5.41) is 7.61. The number of ether oxygens (including phenoxy) is 2. The van der Waals surface area contributed by atoms with Crippen molar-refractivity contribution in [3.8, 4) is 11.5 Å². The van der Waals surface area contributed by atoms with E-state index in [-0.39, 0.29) is 5.91 Å². The molecule has 3 aromatic rings. The summed E-state index contributed by atoms with van der Waals surface area (Å²) in [6, 6.07) is 14.3. The number of esters is 1. The Morgan fingerprint density at radius 2 is 1.86 bits per heavy atom. The standard InChI is InChI=1S/C30H34N2O4S/c1-5-30(3,4)20-13-14-21-24(17-20)37-28-25(21)27(33)31-26(32-28)19-12-15-22(23(16-19)35-6-2)36-29(34)18-10-8-7-9-11-18/h7-12,15-16,20,26,32H,5-6,13-14,17H2,1-4H3,(H,31,33)/t20-,26-/m1/s1. The zero-order valence-electron chi connectivity index (χ0n) is 21.9. The quantitative estimate of drug-likeness (QED) is 0.267. The van der Waals surface area contributed by atoms with Gasteiger partial charge in [0.25, 0.3) is 5.91 Å². The van der Waals surface area contributed by atoms with Gasteiger partial charge in [-0.2, -0.15) is 0 Å². The lowest BCUT2D eigenvalue weighted by molar-refractivity contribution is 0.0728. The third-order valence-electron chi connectivity index (χ3n) is 7.87. The summed E-state index contributed by atoms with van der Waals surface area (Å²) in [6.45, 7) is 9.27. The number of carbonyl (C=O) groups is 2. The monoisotopic (exact) mass is 518 g/mol. The van der Waals surface area contributed by atoms with E-state index in [1.165, 1.54) is 10.4 Å². The number of benzene rings is 2. The second-order valence-corrected chi connectivity index (χ2v) is 11.5. The Hall–Kier alpha value is -3.32. The van der Waals surface area contributed by atoms with Crippen molar-refractivity contribution in [3.05, 3.63) is 75.7 Å². The fourth-order valence-electron chi connectivity index (χ4n) is 5.21. The van der Waals surface area contributed by atoms with Gasteiger partial charge in [0.05, 0.1) is 17.7 Å². The van der Waals surface area contributed by atoms with Gasteiger partial charge < -0.3 is 20.1 Å². The Morgan fingerprint density at radius 3 is 2.59 bits per heavy atom. The topological polar surface area (TPSA) is 76.7 Å². The Labute approximate surface area is 222 Å². The van der Waals surface area contributed by atoms with E-state index in [4.69, 9.17) is 9.47 Å². The molecule has 194 valence electrons. The van der Waals surface area contributed by atoms with Crippen LogP contribution in [-0.4, -0.2) is 18.5 Å². The fraction of sp³-hybridized carbons (Fsp3) is 0.400. The minimum atomic E-state index is -0.447. The van der Waals surface area contributed by atoms with Crippen molar-refractivity contribution in [1.82, 2.24) is 5.32 Å². The van der Waals surface area contributed by atoms with Crippen molar-refractivity contribution in [2.45, 2.75) is 59.5 Å². The summed E-state index contributed by atoms with van der Waals surface area (Å²) >= 11 is 1.72. The molecule has 1 aromatic heterocycles. The predicted molar refractivity (Wildman–Crippen MR) is 147 cm³/mol. The first-order chi connectivity index (χ1) is 17.8. The minimum absolute atomic E-state index is 0.0398. The lowest BCUT2D eigenvalue weighted by Crippen LogP contribution is -2.38. The highest BCUT2D eigenvalue weighted by atomic mass is 32.1. The molecule has 0 unspecified atom stereocenters. The number of fused-ring (bicyclic) bond motifs is 3. The summed E-state index contributed by atoms with van der Waals surface area (Å²) in [4.78, 5) is 27.2. The molecule has 2 N–H and O–H groups in total. The summed E-state index contributed by atoms with van der Waals surface area (Å²) in [7, 11) is 0. The van der Waals surface area contributed by atoms with Crippen LogP contribution in [0.25, 0.3) is 0 Å². The Kier molecular flexibility index (Phi) is 6.99. The van der Waals surface area contributed by atoms with E-state index in [1.807, 2.05) is 25.1 Å². The van der Waals surface area contributed by atoms with Crippen molar-refractivity contribution in [3.63, 3.8) is 0 Å². The highest BCUT2D eigenvalue weighted by Crippen LogP contribution is 2.47. The SMILES string of the molecule is CCOc1cc([C@@H]2NC(=O)c3c(sc4c3CC[C@@H](C(C)(C)CC)C4)N2)ccc1OC(=O)c1ccccc1. The molecule has 6 nitrogen and oxygen atoms in total. The van der Waals surface area contributed by atoms with E-state index in [2.05, 4.69) is 31.4 Å². The average Bonchev–Trinajstić information content (AvgIpc) is 3.28. The molecule has 2 aliphatic rings. The third-order valence-corrected chi connectivity index (χ3v) is 9.06. The second kappa shape index (κ2) is 10.2. The molecule has 5 rings (SSSR count). The molecule has 0 spiro atoms. The van der Waals surface area contributed by atoms with Gasteiger partial charge in [-0.3, -0.25) is 4.79 Å². The molecule has 0 bridgehead atoms. The van der Waals surface area contributed by atoms with Gasteiger partial charge in [-0.25, -0.2) is 4.79 Å². The molecule has 0 radical (unpaired) electrons. The summed E-state index contributed by atoms with van der Waals surface area (Å²) in [5.41, 5.74) is 3.61. The highest BCUT2D eigenvalue weighted by molar-refractivity contribution is 7.16. The largest absolute Gasteiger partial charge is 0.490 e. The van der Waals surface area contributed by atoms with Crippen molar-refractivity contribution < 1.29 is 19.1 Å². The molecular formula is C30H34N2O4S. The van der Waals surface area contributed by atoms with Crippen molar-refractivity contribution in [1.29, 1.82) is 0 Å². The zero-order valence-corrected chi connectivity index (χ0v) is 22.7. The maximum absolute atomic E-state index is 13.3. The van der Waals surface area contributed by atoms with E-state index >= 15 is 0 Å². The van der Waals surface area contributed by atoms with Gasteiger partial charge in [0.15, 0.2) is 11.5 Å². The summed E-state index contributed by atoms with van der Waals surface area (Å²) in [6.07, 6.45) is 3.85. The number of hydrogen-bond donors (Lipinski definition) is 2. The van der Waals surface area contributed by atoms with Crippen molar-refractivity contribution in [2.75, 3.05) is 11.9 Å². The molecule has 2 aromatic carbocycles. The first kappa shape index (κ1) is 25.3. The Bertz CT molecular complexity index is 1310. The zero-order chi connectivity index (χ0) is 26.2. The van der Waals surface area contributed by atoms with Gasteiger partial charge in [0, 0.05) is 4.88 Å². The fourth-order valence-corrected chi connectivity index (χ4v) is 6.56. The van der Waals surface area contributed by atoms with Crippen LogP contribution in [0.1, 0.15) is 83.4 Å². The van der Waals surface area contributed by atoms with Gasteiger partial charge in [-0.05, 0) is 72.9 Å². The Morgan fingerprint density at radius 1 is 1.08 bits per heavy atom. The van der Waals surface area contributed by atoms with Crippen LogP contribution < -0.4 is 20.1 Å². The average molecular weight is 519 g/mol. The molecule has 1 amide bonds. The first-order valence-corrected chi connectivity index (χ1v) is 13.9. The normalized spacial score (nSPS) is 18.8. The third kappa shape index (κ3) is 4.97. The molecule has 7 heteroatoms. The molecule has 2 heterocycles. The van der Waals surface area contributed by atoms with Crippen molar-refractivity contribution >= 4 is 28.2 Å². The number of carbonyl (C=O) groups excluding carboxylic acids is 2. The van der Waals surface area contributed by atoms with Crippen LogP contribution in [0.4, 0.5) is 5.00 Å². The molecule has 0 fully saturated rings. The predicted octanol–water partition coefficient (Wildman–Crippen LogP) is 6.76. The maximum atomic E-state index is 13.3. The van der Waals surface area contributed by atoms with E-state index in [9.17, 15) is 9.59 Å². The van der Waals surface area contributed by atoms with Gasteiger partial charge in [0.1, 0.15) is 11.2 Å². The van der Waals surface area contributed by atoms with Crippen LogP contribution in [-0.2, 0) is 12.8 Å². The number of anilines is 1. The van der Waals surface area contributed by atoms with E-state index < -0.39 is 12.1 Å². The van der Waals surface area contributed by atoms with E-state index in [1.54, 1.807) is 41.7 Å². The smallest absolute Gasteiger partial charge is 0.343 e. The van der Waals surface area contributed by atoms with E-state index in [0.717, 1.165) is 41.8 Å². The molecule has 0 saturated heterocycles. The number of rotatable bonds is 7. The van der Waals surface area contributed by atoms with Crippen LogP contribution in [0.2, 0.25) is 0 Å². The minimum Gasteiger partial charge on any atom is -0.490 e. The lowest BCUT2D eigenvalue weighted by Gasteiger charge is -2.36. The molecular weight excluding hydrogens is 484 g/mol. The number of hydrogen-bond acceptors (Lipinski definition) is 6. The number of amides is 1. The molecule has 1 aliphatic heterocycles.